The molecule has 26 heavy (non-hydrogen) atoms. The van der Waals surface area contributed by atoms with Crippen molar-refractivity contribution in [2.75, 3.05) is 0 Å². The molecule has 2 heterocycles. The molecule has 134 valence electrons. The second-order valence-electron chi connectivity index (χ2n) is 7.16. The third-order valence-corrected chi connectivity index (χ3v) is 3.89. The molecule has 0 spiro atoms. The molecule has 0 radical (unpaired) electrons. The summed E-state index contributed by atoms with van der Waals surface area (Å²) in [7, 11) is 0. The van der Waals surface area contributed by atoms with Crippen molar-refractivity contribution in [3.05, 3.63) is 48.4 Å². The molecule has 0 saturated heterocycles. The molecule has 5 nitrogen and oxygen atoms in total. The Balaban J connectivity index is 2.22. The molecular formula is C19H20BFN2O3. The highest BCUT2D eigenvalue weighted by Gasteiger charge is 2.26. The molecule has 0 amide bonds. The zero-order chi connectivity index (χ0) is 19.1. The Morgan fingerprint density at radius 1 is 1.23 bits per heavy atom. The monoisotopic (exact) mass is 354 g/mol. The molecule has 0 aliphatic heterocycles. The number of benzene rings is 1. The number of hydrogen-bond donors (Lipinski definition) is 1. The van der Waals surface area contributed by atoms with E-state index in [1.54, 1.807) is 58.1 Å². The number of pyridine rings is 1. The van der Waals surface area contributed by atoms with Crippen LogP contribution in [0.3, 0.4) is 0 Å². The van der Waals surface area contributed by atoms with E-state index >= 15 is 0 Å². The van der Waals surface area contributed by atoms with Crippen LogP contribution in [-0.4, -0.2) is 33.2 Å². The predicted octanol–water partition coefficient (Wildman–Crippen LogP) is 3.45. The van der Waals surface area contributed by atoms with Crippen LogP contribution in [0.15, 0.2) is 42.6 Å². The first-order valence-corrected chi connectivity index (χ1v) is 8.35. The third kappa shape index (κ3) is 3.48. The summed E-state index contributed by atoms with van der Waals surface area (Å²) in [6.45, 7) is 6.01. The van der Waals surface area contributed by atoms with Gasteiger partial charge in [0.2, 0.25) is 0 Å². The van der Waals surface area contributed by atoms with Crippen molar-refractivity contribution in [2.45, 2.75) is 33.2 Å². The van der Waals surface area contributed by atoms with Crippen molar-refractivity contribution in [1.29, 1.82) is 0 Å². The summed E-state index contributed by atoms with van der Waals surface area (Å²) < 4.78 is 20.0. The van der Waals surface area contributed by atoms with E-state index in [0.29, 0.717) is 16.6 Å². The number of halogens is 1. The van der Waals surface area contributed by atoms with Gasteiger partial charge in [-0.1, -0.05) is 19.0 Å². The van der Waals surface area contributed by atoms with E-state index in [4.69, 9.17) is 4.74 Å². The number of hydrogen-bond acceptors (Lipinski definition) is 4. The Bertz CT molecular complexity index is 959. The van der Waals surface area contributed by atoms with E-state index in [-0.39, 0.29) is 5.82 Å². The van der Waals surface area contributed by atoms with Gasteiger partial charge < -0.3 is 9.76 Å². The first-order chi connectivity index (χ1) is 12.2. The summed E-state index contributed by atoms with van der Waals surface area (Å²) in [6, 6.07) is 9.59. The summed E-state index contributed by atoms with van der Waals surface area (Å²) in [5, 5.41) is 10.8. The zero-order valence-corrected chi connectivity index (χ0v) is 15.2. The van der Waals surface area contributed by atoms with Crippen LogP contribution < -0.4 is 5.59 Å². The highest BCUT2D eigenvalue weighted by molar-refractivity contribution is 6.65. The van der Waals surface area contributed by atoms with E-state index in [0.717, 1.165) is 11.1 Å². The van der Waals surface area contributed by atoms with Gasteiger partial charge in [0.25, 0.3) is 0 Å². The lowest BCUT2D eigenvalue weighted by Crippen LogP contribution is -2.39. The molecule has 0 atom stereocenters. The maximum atomic E-state index is 13.2. The molecule has 0 bridgehead atoms. The minimum Gasteiger partial charge on any atom is -0.446 e. The Kier molecular flexibility index (Phi) is 4.58. The predicted molar refractivity (Wildman–Crippen MR) is 100 cm³/mol. The van der Waals surface area contributed by atoms with Crippen molar-refractivity contribution < 1.29 is 18.9 Å². The number of aromatic nitrogens is 2. The second-order valence-corrected chi connectivity index (χ2v) is 7.16. The number of nitrogens with zero attached hydrogens (tertiary/aromatic N) is 2. The van der Waals surface area contributed by atoms with Crippen molar-refractivity contribution in [3.8, 4) is 11.1 Å². The molecule has 2 aromatic heterocycles. The average molecular weight is 354 g/mol. The largest absolute Gasteiger partial charge is 0.446 e. The molecular weight excluding hydrogens is 334 g/mol. The molecule has 0 saturated carbocycles. The van der Waals surface area contributed by atoms with Crippen molar-refractivity contribution >= 4 is 29.6 Å². The summed E-state index contributed by atoms with van der Waals surface area (Å²) in [6.07, 6.45) is 0.973. The lowest BCUT2D eigenvalue weighted by molar-refractivity contribution is 0.0548. The van der Waals surface area contributed by atoms with Gasteiger partial charge >= 0.3 is 13.0 Å². The first kappa shape index (κ1) is 18.1. The van der Waals surface area contributed by atoms with Gasteiger partial charge in [0.05, 0.1) is 0 Å². The Morgan fingerprint density at radius 3 is 2.46 bits per heavy atom. The van der Waals surface area contributed by atoms with Crippen LogP contribution in [0.2, 0.25) is 6.82 Å². The van der Waals surface area contributed by atoms with Crippen LogP contribution in [0.25, 0.3) is 22.2 Å². The van der Waals surface area contributed by atoms with Crippen LogP contribution in [0.5, 0.6) is 0 Å². The molecule has 0 fully saturated rings. The number of carbonyl (C=O) groups excluding carboxylic acids is 1. The van der Waals surface area contributed by atoms with E-state index in [1.807, 2.05) is 0 Å². The molecule has 1 N–H and O–H groups in total. The van der Waals surface area contributed by atoms with Crippen LogP contribution >= 0.6 is 0 Å². The van der Waals surface area contributed by atoms with Crippen molar-refractivity contribution in [2.24, 2.45) is 0 Å². The van der Waals surface area contributed by atoms with Gasteiger partial charge in [-0.3, -0.25) is 0 Å². The Morgan fingerprint density at radius 2 is 1.88 bits per heavy atom. The SMILES string of the molecule is CB(O)c1cc2c(-c3ccc(F)cc3)ccnc2n1C(=O)OC(C)(C)C. The molecule has 0 aliphatic rings. The van der Waals surface area contributed by atoms with Crippen LogP contribution in [0.4, 0.5) is 9.18 Å². The fraction of sp³-hybridized carbons (Fsp3) is 0.263. The average Bonchev–Trinajstić information content (AvgIpc) is 2.94. The van der Waals surface area contributed by atoms with E-state index in [2.05, 4.69) is 4.98 Å². The molecule has 3 rings (SSSR count). The molecule has 1 aromatic carbocycles. The highest BCUT2D eigenvalue weighted by atomic mass is 19.1. The number of rotatable bonds is 2. The minimum atomic E-state index is -0.891. The van der Waals surface area contributed by atoms with Crippen LogP contribution in [0.1, 0.15) is 20.8 Å². The maximum absolute atomic E-state index is 13.2. The third-order valence-electron chi connectivity index (χ3n) is 3.89. The summed E-state index contributed by atoms with van der Waals surface area (Å²) in [5.41, 5.74) is 1.67. The van der Waals surface area contributed by atoms with Gasteiger partial charge in [-0.05, 0) is 56.2 Å². The van der Waals surface area contributed by atoms with Crippen LogP contribution in [-0.2, 0) is 4.74 Å². The fourth-order valence-electron chi connectivity index (χ4n) is 2.81. The number of carbonyl (C=O) groups is 1. The highest BCUT2D eigenvalue weighted by Crippen LogP contribution is 2.28. The summed E-state index contributed by atoms with van der Waals surface area (Å²) in [4.78, 5) is 17.0. The number of ether oxygens (including phenoxy) is 1. The summed E-state index contributed by atoms with van der Waals surface area (Å²) >= 11 is 0. The van der Waals surface area contributed by atoms with Gasteiger partial charge in [-0.15, -0.1) is 0 Å². The minimum absolute atomic E-state index is 0.324. The standard InChI is InChI=1S/C19H20BFN2O3/c1-19(2,3)26-18(24)23-16(20(4)25)11-15-14(9-10-22-17(15)23)12-5-7-13(21)8-6-12/h5-11,25H,1-4H3. The van der Waals surface area contributed by atoms with Gasteiger partial charge in [-0.2, -0.15) is 0 Å². The molecule has 3 aromatic rings. The van der Waals surface area contributed by atoms with Gasteiger partial charge in [0, 0.05) is 17.2 Å². The lowest BCUT2D eigenvalue weighted by Gasteiger charge is -2.20. The topological polar surface area (TPSA) is 64.4 Å². The lowest BCUT2D eigenvalue weighted by atomic mass is 9.68. The second kappa shape index (κ2) is 6.57. The van der Waals surface area contributed by atoms with Gasteiger partial charge in [0.1, 0.15) is 17.1 Å². The van der Waals surface area contributed by atoms with E-state index in [1.165, 1.54) is 16.7 Å². The molecule has 7 heteroatoms. The Hall–Kier alpha value is -2.67. The zero-order valence-electron chi connectivity index (χ0n) is 15.2. The van der Waals surface area contributed by atoms with Crippen molar-refractivity contribution in [3.63, 3.8) is 0 Å². The van der Waals surface area contributed by atoms with E-state index in [9.17, 15) is 14.2 Å². The normalized spacial score (nSPS) is 11.6. The van der Waals surface area contributed by atoms with Crippen molar-refractivity contribution in [1.82, 2.24) is 9.55 Å². The quantitative estimate of drug-likeness (QED) is 0.716. The van der Waals surface area contributed by atoms with Crippen LogP contribution in [0, 0.1) is 5.82 Å². The molecule has 0 unspecified atom stereocenters. The van der Waals surface area contributed by atoms with Gasteiger partial charge in [-0.25, -0.2) is 18.7 Å². The summed E-state index contributed by atoms with van der Waals surface area (Å²) in [5.74, 6) is -0.324. The van der Waals surface area contributed by atoms with Gasteiger partial charge in [0.15, 0.2) is 0 Å². The van der Waals surface area contributed by atoms with E-state index < -0.39 is 18.6 Å². The Labute approximate surface area is 151 Å². The maximum Gasteiger partial charge on any atom is 0.419 e. The smallest absolute Gasteiger partial charge is 0.419 e. The number of fused-ring (bicyclic) bond motifs is 1. The molecule has 0 aliphatic carbocycles. The fourth-order valence-corrected chi connectivity index (χ4v) is 2.81. The first-order valence-electron chi connectivity index (χ1n) is 8.35.